The van der Waals surface area contributed by atoms with Crippen LogP contribution in [0.5, 0.6) is 0 Å². The van der Waals surface area contributed by atoms with Gasteiger partial charge in [0.1, 0.15) is 0 Å². The largest absolute Gasteiger partial charge is 0.348 e. The van der Waals surface area contributed by atoms with Crippen molar-refractivity contribution >= 4 is 22.5 Å². The highest BCUT2D eigenvalue weighted by Gasteiger charge is 2.05. The zero-order chi connectivity index (χ0) is 13.1. The molecular formula is C13H13N5O. The first-order chi connectivity index (χ1) is 9.31. The summed E-state index contributed by atoms with van der Waals surface area (Å²) < 4.78 is 0. The molecule has 0 radical (unpaired) electrons. The van der Waals surface area contributed by atoms with Gasteiger partial charge in [-0.15, -0.1) is 0 Å². The Morgan fingerprint density at radius 2 is 2.26 bits per heavy atom. The van der Waals surface area contributed by atoms with Crippen molar-refractivity contribution in [2.24, 2.45) is 0 Å². The molecule has 0 saturated heterocycles. The molecule has 19 heavy (non-hydrogen) atoms. The predicted molar refractivity (Wildman–Crippen MR) is 71.6 cm³/mol. The number of carbonyl (C=O) groups is 1. The van der Waals surface area contributed by atoms with E-state index in [2.05, 4.69) is 25.5 Å². The van der Waals surface area contributed by atoms with Gasteiger partial charge in [-0.3, -0.25) is 9.89 Å². The van der Waals surface area contributed by atoms with Crippen LogP contribution in [-0.4, -0.2) is 26.1 Å². The molecule has 2 aromatic heterocycles. The van der Waals surface area contributed by atoms with Crippen LogP contribution >= 0.6 is 0 Å². The van der Waals surface area contributed by atoms with Crippen LogP contribution in [-0.2, 0) is 11.2 Å². The van der Waals surface area contributed by atoms with Gasteiger partial charge in [-0.25, -0.2) is 4.98 Å². The Balaban J connectivity index is 1.62. The summed E-state index contributed by atoms with van der Waals surface area (Å²) in [6, 6.07) is 5.66. The lowest BCUT2D eigenvalue weighted by molar-refractivity contribution is -0.116. The number of H-pyrrole nitrogens is 2. The van der Waals surface area contributed by atoms with E-state index in [1.165, 1.54) is 0 Å². The van der Waals surface area contributed by atoms with Crippen LogP contribution in [0.2, 0.25) is 0 Å². The fourth-order valence-electron chi connectivity index (χ4n) is 1.91. The summed E-state index contributed by atoms with van der Waals surface area (Å²) in [5.41, 5.74) is 2.64. The second-order valence-corrected chi connectivity index (χ2v) is 4.30. The topological polar surface area (TPSA) is 86.5 Å². The summed E-state index contributed by atoms with van der Waals surface area (Å²) in [6.45, 7) is 0. The fraction of sp³-hybridized carbons (Fsp3) is 0.154. The lowest BCUT2D eigenvalue weighted by Gasteiger charge is -2.04. The maximum absolute atomic E-state index is 11.8. The summed E-state index contributed by atoms with van der Waals surface area (Å²) in [5.74, 6) is -0.0199. The van der Waals surface area contributed by atoms with E-state index in [0.29, 0.717) is 12.8 Å². The minimum Gasteiger partial charge on any atom is -0.348 e. The first kappa shape index (κ1) is 11.5. The van der Waals surface area contributed by atoms with Gasteiger partial charge in [-0.1, -0.05) is 0 Å². The number of hydrogen-bond donors (Lipinski definition) is 3. The van der Waals surface area contributed by atoms with E-state index < -0.39 is 0 Å². The molecule has 0 saturated carbocycles. The Labute approximate surface area is 109 Å². The number of aryl methyl sites for hydroxylation is 1. The SMILES string of the molecule is O=C(CCc1cnc[nH]1)Nc1ccc2cn[nH]c2c1. The van der Waals surface area contributed by atoms with E-state index in [-0.39, 0.29) is 5.91 Å². The third kappa shape index (κ3) is 2.62. The Bertz CT molecular complexity index is 686. The molecule has 0 atom stereocenters. The number of hydrogen-bond acceptors (Lipinski definition) is 3. The molecule has 0 aliphatic heterocycles. The quantitative estimate of drug-likeness (QED) is 0.665. The predicted octanol–water partition coefficient (Wildman–Crippen LogP) is 1.86. The van der Waals surface area contributed by atoms with Gasteiger partial charge in [0.05, 0.1) is 18.0 Å². The fourth-order valence-corrected chi connectivity index (χ4v) is 1.91. The van der Waals surface area contributed by atoms with Gasteiger partial charge in [0, 0.05) is 29.4 Å². The maximum atomic E-state index is 11.8. The molecule has 0 aliphatic carbocycles. The van der Waals surface area contributed by atoms with Gasteiger partial charge >= 0.3 is 0 Å². The van der Waals surface area contributed by atoms with Gasteiger partial charge in [-0.05, 0) is 24.6 Å². The van der Waals surface area contributed by atoms with Crippen molar-refractivity contribution < 1.29 is 4.79 Å². The molecule has 0 fully saturated rings. The number of aromatic amines is 2. The minimum atomic E-state index is -0.0199. The summed E-state index contributed by atoms with van der Waals surface area (Å²) >= 11 is 0. The van der Waals surface area contributed by atoms with E-state index in [9.17, 15) is 4.79 Å². The normalized spacial score (nSPS) is 10.7. The lowest BCUT2D eigenvalue weighted by Crippen LogP contribution is -2.12. The summed E-state index contributed by atoms with van der Waals surface area (Å²) in [7, 11) is 0. The average molecular weight is 255 g/mol. The number of fused-ring (bicyclic) bond motifs is 1. The van der Waals surface area contributed by atoms with E-state index in [4.69, 9.17) is 0 Å². The molecule has 6 heteroatoms. The minimum absolute atomic E-state index is 0.0199. The monoisotopic (exact) mass is 255 g/mol. The summed E-state index contributed by atoms with van der Waals surface area (Å²) in [4.78, 5) is 18.7. The van der Waals surface area contributed by atoms with Crippen molar-refractivity contribution in [2.45, 2.75) is 12.8 Å². The third-order valence-corrected chi connectivity index (χ3v) is 2.90. The molecule has 0 spiro atoms. The standard InChI is InChI=1S/C13H13N5O/c19-13(4-3-11-7-14-8-15-11)17-10-2-1-9-6-16-18-12(9)5-10/h1-2,5-8H,3-4H2,(H,14,15)(H,16,18)(H,17,19). The van der Waals surface area contributed by atoms with Crippen molar-refractivity contribution in [1.82, 2.24) is 20.2 Å². The van der Waals surface area contributed by atoms with E-state index in [1.54, 1.807) is 18.7 Å². The molecule has 3 rings (SSSR count). The first-order valence-electron chi connectivity index (χ1n) is 6.01. The van der Waals surface area contributed by atoms with Gasteiger partial charge in [-0.2, -0.15) is 5.10 Å². The zero-order valence-electron chi connectivity index (χ0n) is 10.2. The highest BCUT2D eigenvalue weighted by Crippen LogP contribution is 2.16. The lowest BCUT2D eigenvalue weighted by atomic mass is 10.2. The van der Waals surface area contributed by atoms with Crippen molar-refractivity contribution in [3.63, 3.8) is 0 Å². The average Bonchev–Trinajstić information content (AvgIpc) is 3.07. The molecule has 96 valence electrons. The van der Waals surface area contributed by atoms with Gasteiger partial charge in [0.15, 0.2) is 0 Å². The van der Waals surface area contributed by atoms with Crippen LogP contribution in [0.3, 0.4) is 0 Å². The highest BCUT2D eigenvalue weighted by molar-refractivity contribution is 5.93. The van der Waals surface area contributed by atoms with Crippen LogP contribution < -0.4 is 5.32 Å². The van der Waals surface area contributed by atoms with E-state index in [1.807, 2.05) is 18.2 Å². The number of amides is 1. The number of rotatable bonds is 4. The van der Waals surface area contributed by atoms with E-state index >= 15 is 0 Å². The third-order valence-electron chi connectivity index (χ3n) is 2.90. The van der Waals surface area contributed by atoms with Gasteiger partial charge < -0.3 is 10.3 Å². The van der Waals surface area contributed by atoms with Gasteiger partial charge in [0.2, 0.25) is 5.91 Å². The number of benzene rings is 1. The van der Waals surface area contributed by atoms with Crippen LogP contribution in [0.4, 0.5) is 5.69 Å². The number of carbonyl (C=O) groups excluding carboxylic acids is 1. The molecule has 6 nitrogen and oxygen atoms in total. The smallest absolute Gasteiger partial charge is 0.224 e. The van der Waals surface area contributed by atoms with Crippen LogP contribution in [0.25, 0.3) is 10.9 Å². The number of nitrogens with one attached hydrogen (secondary N) is 3. The summed E-state index contributed by atoms with van der Waals surface area (Å²) in [5, 5.41) is 10.7. The zero-order valence-corrected chi connectivity index (χ0v) is 10.2. The molecule has 0 aliphatic rings. The molecule has 2 heterocycles. The molecule has 1 amide bonds. The van der Waals surface area contributed by atoms with Gasteiger partial charge in [0.25, 0.3) is 0 Å². The molecule has 0 unspecified atom stereocenters. The molecule has 3 N–H and O–H groups in total. The van der Waals surface area contributed by atoms with Crippen molar-refractivity contribution in [3.05, 3.63) is 42.6 Å². The number of nitrogens with zero attached hydrogens (tertiary/aromatic N) is 2. The number of imidazole rings is 1. The molecule has 3 aromatic rings. The van der Waals surface area contributed by atoms with Crippen LogP contribution in [0, 0.1) is 0 Å². The van der Waals surface area contributed by atoms with Crippen LogP contribution in [0.1, 0.15) is 12.1 Å². The van der Waals surface area contributed by atoms with Crippen molar-refractivity contribution in [3.8, 4) is 0 Å². The number of anilines is 1. The molecule has 1 aromatic carbocycles. The number of aromatic nitrogens is 4. The Morgan fingerprint density at radius 3 is 3.11 bits per heavy atom. The Morgan fingerprint density at radius 1 is 1.32 bits per heavy atom. The molecular weight excluding hydrogens is 242 g/mol. The maximum Gasteiger partial charge on any atom is 0.224 e. The summed E-state index contributed by atoms with van der Waals surface area (Å²) in [6.07, 6.45) is 6.16. The first-order valence-corrected chi connectivity index (χ1v) is 6.01. The van der Waals surface area contributed by atoms with Crippen LogP contribution in [0.15, 0.2) is 36.9 Å². The molecule has 0 bridgehead atoms. The second-order valence-electron chi connectivity index (χ2n) is 4.30. The second kappa shape index (κ2) is 4.93. The Kier molecular flexibility index (Phi) is 2.97. The Hall–Kier alpha value is -2.63. The van der Waals surface area contributed by atoms with Crippen molar-refractivity contribution in [1.29, 1.82) is 0 Å². The highest BCUT2D eigenvalue weighted by atomic mass is 16.1. The van der Waals surface area contributed by atoms with E-state index in [0.717, 1.165) is 22.3 Å². The van der Waals surface area contributed by atoms with Crippen molar-refractivity contribution in [2.75, 3.05) is 5.32 Å².